The van der Waals surface area contributed by atoms with Gasteiger partial charge in [0, 0.05) is 11.7 Å². The molecule has 1 aromatic rings. The van der Waals surface area contributed by atoms with Crippen LogP contribution in [-0.4, -0.2) is 28.1 Å². The number of nitriles is 1. The first-order valence-electron chi connectivity index (χ1n) is 5.31. The first-order chi connectivity index (χ1) is 8.27. The van der Waals surface area contributed by atoms with Gasteiger partial charge >= 0.3 is 5.97 Å². The molecular formula is C12H14ClN3O2. The van der Waals surface area contributed by atoms with Crippen molar-refractivity contribution in [3.05, 3.63) is 22.8 Å². The molecule has 0 aromatic carbocycles. The summed E-state index contributed by atoms with van der Waals surface area (Å²) < 4.78 is 0. The number of pyridine rings is 1. The molecule has 18 heavy (non-hydrogen) atoms. The van der Waals surface area contributed by atoms with Crippen LogP contribution in [0.3, 0.4) is 0 Å². The Labute approximate surface area is 111 Å². The Morgan fingerprint density at radius 1 is 1.61 bits per heavy atom. The van der Waals surface area contributed by atoms with E-state index in [-0.39, 0.29) is 17.1 Å². The molecule has 1 aromatic heterocycles. The van der Waals surface area contributed by atoms with Crippen molar-refractivity contribution in [1.29, 1.82) is 5.26 Å². The smallest absolute Gasteiger partial charge is 0.323 e. The molecule has 5 nitrogen and oxygen atoms in total. The van der Waals surface area contributed by atoms with Crippen LogP contribution >= 0.6 is 11.6 Å². The van der Waals surface area contributed by atoms with Crippen molar-refractivity contribution in [2.75, 3.05) is 11.4 Å². The highest BCUT2D eigenvalue weighted by Gasteiger charge is 2.27. The lowest BCUT2D eigenvalue weighted by Crippen LogP contribution is -2.45. The van der Waals surface area contributed by atoms with Gasteiger partial charge < -0.3 is 10.0 Å². The number of halogens is 1. The van der Waals surface area contributed by atoms with Crippen molar-refractivity contribution in [1.82, 2.24) is 4.98 Å². The van der Waals surface area contributed by atoms with E-state index < -0.39 is 11.5 Å². The average Bonchev–Trinajstić information content (AvgIpc) is 2.25. The monoisotopic (exact) mass is 267 g/mol. The molecule has 0 amide bonds. The normalized spacial score (nSPS) is 10.8. The van der Waals surface area contributed by atoms with E-state index in [0.29, 0.717) is 5.82 Å². The first kappa shape index (κ1) is 14.3. The number of hydrogen-bond donors (Lipinski definition) is 1. The number of carboxylic acids is 1. The zero-order valence-corrected chi connectivity index (χ0v) is 11.2. The number of carboxylic acid groups (broad SMARTS) is 1. The van der Waals surface area contributed by atoms with E-state index in [1.807, 2.05) is 26.8 Å². The van der Waals surface area contributed by atoms with Gasteiger partial charge in [-0.15, -0.1) is 0 Å². The van der Waals surface area contributed by atoms with Crippen LogP contribution in [0.2, 0.25) is 5.02 Å². The van der Waals surface area contributed by atoms with Crippen LogP contribution in [0, 0.1) is 11.3 Å². The van der Waals surface area contributed by atoms with Gasteiger partial charge in [0.25, 0.3) is 0 Å². The topological polar surface area (TPSA) is 77.2 Å². The van der Waals surface area contributed by atoms with E-state index in [0.717, 1.165) is 0 Å². The second-order valence-electron chi connectivity index (χ2n) is 4.76. The fourth-order valence-electron chi connectivity index (χ4n) is 1.47. The highest BCUT2D eigenvalue weighted by molar-refractivity contribution is 6.34. The van der Waals surface area contributed by atoms with E-state index in [4.69, 9.17) is 22.0 Å². The lowest BCUT2D eigenvalue weighted by Gasteiger charge is -2.35. The molecule has 0 aliphatic carbocycles. The maximum absolute atomic E-state index is 10.9. The third-order valence-corrected chi connectivity index (χ3v) is 2.72. The van der Waals surface area contributed by atoms with Crippen LogP contribution in [0.5, 0.6) is 0 Å². The fraction of sp³-hybridized carbons (Fsp3) is 0.417. The largest absolute Gasteiger partial charge is 0.480 e. The van der Waals surface area contributed by atoms with Crippen LogP contribution in [0.4, 0.5) is 5.82 Å². The van der Waals surface area contributed by atoms with E-state index in [9.17, 15) is 4.79 Å². The van der Waals surface area contributed by atoms with Gasteiger partial charge in [-0.1, -0.05) is 11.6 Å². The molecule has 0 unspecified atom stereocenters. The van der Waals surface area contributed by atoms with Crippen molar-refractivity contribution in [3.8, 4) is 6.07 Å². The first-order valence-corrected chi connectivity index (χ1v) is 5.69. The molecule has 1 rings (SSSR count). The summed E-state index contributed by atoms with van der Waals surface area (Å²) in [4.78, 5) is 16.6. The average molecular weight is 268 g/mol. The summed E-state index contributed by atoms with van der Waals surface area (Å²) in [5, 5.41) is 18.0. The van der Waals surface area contributed by atoms with Gasteiger partial charge in [0.1, 0.15) is 23.5 Å². The highest BCUT2D eigenvalue weighted by Crippen LogP contribution is 2.30. The molecule has 0 aliphatic heterocycles. The molecule has 0 bridgehead atoms. The van der Waals surface area contributed by atoms with Gasteiger partial charge in [-0.2, -0.15) is 5.26 Å². The summed E-state index contributed by atoms with van der Waals surface area (Å²) >= 11 is 6.07. The predicted octanol–water partition coefficient (Wildman–Crippen LogP) is 2.30. The minimum atomic E-state index is -0.981. The Bertz CT molecular complexity index is 503. The number of carbonyl (C=O) groups is 1. The Morgan fingerprint density at radius 2 is 2.22 bits per heavy atom. The molecule has 0 atom stereocenters. The van der Waals surface area contributed by atoms with Gasteiger partial charge in [-0.25, -0.2) is 4.98 Å². The summed E-state index contributed by atoms with van der Waals surface area (Å²) in [6.45, 7) is 5.33. The minimum absolute atomic E-state index is 0.177. The van der Waals surface area contributed by atoms with Gasteiger partial charge in [-0.3, -0.25) is 4.79 Å². The summed E-state index contributed by atoms with van der Waals surface area (Å²) in [7, 11) is 0. The number of nitrogens with zero attached hydrogens (tertiary/aromatic N) is 3. The molecule has 0 aliphatic rings. The molecule has 1 heterocycles. The molecule has 96 valence electrons. The Morgan fingerprint density at radius 3 is 2.67 bits per heavy atom. The summed E-state index contributed by atoms with van der Waals surface area (Å²) in [5.41, 5.74) is -0.190. The summed E-state index contributed by atoms with van der Waals surface area (Å²) in [6, 6.07) is 3.44. The molecular weight excluding hydrogens is 254 g/mol. The molecule has 0 fully saturated rings. The standard InChI is InChI=1S/C12H14ClN3O2/c1-12(2,3)16(7-9(17)18)11-10(13)8(6-14)4-5-15-11/h4-5H,7H2,1-3H3,(H,17,18). The molecule has 0 saturated heterocycles. The Kier molecular flexibility index (Phi) is 4.15. The Hall–Kier alpha value is -1.80. The zero-order valence-electron chi connectivity index (χ0n) is 10.4. The third kappa shape index (κ3) is 3.11. The molecule has 0 spiro atoms. The van der Waals surface area contributed by atoms with Crippen LogP contribution in [0.25, 0.3) is 0 Å². The van der Waals surface area contributed by atoms with Crippen molar-refractivity contribution in [2.24, 2.45) is 0 Å². The fourth-order valence-corrected chi connectivity index (χ4v) is 1.73. The zero-order chi connectivity index (χ0) is 13.9. The SMILES string of the molecule is CC(C)(C)N(CC(=O)O)c1nccc(C#N)c1Cl. The van der Waals surface area contributed by atoms with Gasteiger partial charge in [0.15, 0.2) is 0 Å². The maximum Gasteiger partial charge on any atom is 0.323 e. The number of aliphatic carboxylic acids is 1. The lowest BCUT2D eigenvalue weighted by atomic mass is 10.1. The quantitative estimate of drug-likeness (QED) is 0.909. The van der Waals surface area contributed by atoms with Crippen LogP contribution < -0.4 is 4.90 Å². The molecule has 1 N–H and O–H groups in total. The predicted molar refractivity (Wildman–Crippen MR) is 68.7 cm³/mol. The number of hydrogen-bond acceptors (Lipinski definition) is 4. The van der Waals surface area contributed by atoms with E-state index in [1.54, 1.807) is 4.90 Å². The van der Waals surface area contributed by atoms with Crippen molar-refractivity contribution in [3.63, 3.8) is 0 Å². The molecule has 0 radical (unpaired) electrons. The van der Waals surface area contributed by atoms with Gasteiger partial charge in [-0.05, 0) is 26.8 Å². The van der Waals surface area contributed by atoms with Crippen molar-refractivity contribution < 1.29 is 9.90 Å². The van der Waals surface area contributed by atoms with Crippen LogP contribution in [0.15, 0.2) is 12.3 Å². The van der Waals surface area contributed by atoms with Crippen LogP contribution in [0.1, 0.15) is 26.3 Å². The number of rotatable bonds is 3. The van der Waals surface area contributed by atoms with E-state index >= 15 is 0 Å². The van der Waals surface area contributed by atoms with E-state index in [1.165, 1.54) is 12.3 Å². The third-order valence-electron chi connectivity index (χ3n) is 2.35. The number of anilines is 1. The Balaban J connectivity index is 3.31. The van der Waals surface area contributed by atoms with Crippen LogP contribution in [-0.2, 0) is 4.79 Å². The molecule has 6 heteroatoms. The summed E-state index contributed by atoms with van der Waals surface area (Å²) in [5.74, 6) is -0.671. The lowest BCUT2D eigenvalue weighted by molar-refractivity contribution is -0.135. The second-order valence-corrected chi connectivity index (χ2v) is 5.14. The van der Waals surface area contributed by atoms with Crippen molar-refractivity contribution >= 4 is 23.4 Å². The minimum Gasteiger partial charge on any atom is -0.480 e. The highest BCUT2D eigenvalue weighted by atomic mass is 35.5. The number of aromatic nitrogens is 1. The van der Waals surface area contributed by atoms with Gasteiger partial charge in [0.05, 0.1) is 5.56 Å². The van der Waals surface area contributed by atoms with E-state index in [2.05, 4.69) is 4.98 Å². The molecule has 0 saturated carbocycles. The van der Waals surface area contributed by atoms with Crippen molar-refractivity contribution in [2.45, 2.75) is 26.3 Å². The second kappa shape index (κ2) is 5.23. The van der Waals surface area contributed by atoms with Gasteiger partial charge in [0.2, 0.25) is 0 Å². The summed E-state index contributed by atoms with van der Waals surface area (Å²) in [6.07, 6.45) is 1.44. The maximum atomic E-state index is 10.9.